The first-order chi connectivity index (χ1) is 8.33. The molecule has 17 heavy (non-hydrogen) atoms. The molecule has 0 unspecified atom stereocenters. The normalized spacial score (nSPS) is 10.6. The summed E-state index contributed by atoms with van der Waals surface area (Å²) < 4.78 is 0. The Morgan fingerprint density at radius 3 is 2.65 bits per heavy atom. The van der Waals surface area contributed by atoms with Crippen molar-refractivity contribution in [3.8, 4) is 11.4 Å². The second-order valence-corrected chi connectivity index (χ2v) is 4.18. The van der Waals surface area contributed by atoms with E-state index in [0.29, 0.717) is 0 Å². The van der Waals surface area contributed by atoms with E-state index in [1.807, 2.05) is 48.5 Å². The van der Waals surface area contributed by atoms with Gasteiger partial charge in [-0.05, 0) is 36.4 Å². The highest BCUT2D eigenvalue weighted by Crippen LogP contribution is 2.21. The highest BCUT2D eigenvalue weighted by atomic mass is 35.5. The Bertz CT molecular complexity index is 665. The summed E-state index contributed by atoms with van der Waals surface area (Å²) in [4.78, 5) is 8.85. The van der Waals surface area contributed by atoms with Crippen LogP contribution in [0.4, 0.5) is 0 Å². The van der Waals surface area contributed by atoms with Crippen molar-refractivity contribution in [3.63, 3.8) is 0 Å². The van der Waals surface area contributed by atoms with E-state index in [-0.39, 0.29) is 0 Å². The van der Waals surface area contributed by atoms with Gasteiger partial charge in [-0.25, -0.2) is 4.98 Å². The molecule has 0 amide bonds. The largest absolute Gasteiger partial charge is 0.255 e. The first-order valence-corrected chi connectivity index (χ1v) is 5.68. The van der Waals surface area contributed by atoms with E-state index >= 15 is 0 Å². The maximum absolute atomic E-state index is 5.94. The van der Waals surface area contributed by atoms with Gasteiger partial charge in [0.15, 0.2) is 0 Å². The minimum Gasteiger partial charge on any atom is -0.255 e. The SMILES string of the molecule is Clc1ccc2nc(-c3ccccn3)ccc2c1. The van der Waals surface area contributed by atoms with Gasteiger partial charge in [-0.3, -0.25) is 4.98 Å². The molecule has 0 spiro atoms. The molecule has 0 radical (unpaired) electrons. The molecule has 2 nitrogen and oxygen atoms in total. The van der Waals surface area contributed by atoms with E-state index in [1.54, 1.807) is 6.20 Å². The molecule has 0 N–H and O–H groups in total. The second kappa shape index (κ2) is 4.15. The van der Waals surface area contributed by atoms with Crippen LogP contribution in [0.3, 0.4) is 0 Å². The lowest BCUT2D eigenvalue weighted by atomic mass is 10.1. The van der Waals surface area contributed by atoms with E-state index < -0.39 is 0 Å². The molecule has 3 heteroatoms. The molecular formula is C14H9ClN2. The maximum Gasteiger partial charge on any atom is 0.0893 e. The molecule has 2 aromatic heterocycles. The fourth-order valence-electron chi connectivity index (χ4n) is 1.75. The Labute approximate surface area is 104 Å². The van der Waals surface area contributed by atoms with Crippen LogP contribution in [0.1, 0.15) is 0 Å². The molecule has 0 bridgehead atoms. The third-order valence-corrected chi connectivity index (χ3v) is 2.81. The number of rotatable bonds is 1. The quantitative estimate of drug-likeness (QED) is 0.644. The van der Waals surface area contributed by atoms with Crippen molar-refractivity contribution in [3.05, 3.63) is 59.8 Å². The van der Waals surface area contributed by atoms with E-state index in [2.05, 4.69) is 9.97 Å². The summed E-state index contributed by atoms with van der Waals surface area (Å²) in [6.07, 6.45) is 1.77. The first-order valence-electron chi connectivity index (χ1n) is 5.31. The Hall–Kier alpha value is -1.93. The van der Waals surface area contributed by atoms with Crippen LogP contribution in [-0.2, 0) is 0 Å². The van der Waals surface area contributed by atoms with Gasteiger partial charge in [0.2, 0.25) is 0 Å². The summed E-state index contributed by atoms with van der Waals surface area (Å²) in [5.74, 6) is 0. The molecule has 0 fully saturated rings. The van der Waals surface area contributed by atoms with Crippen LogP contribution in [0.25, 0.3) is 22.3 Å². The molecule has 3 rings (SSSR count). The number of halogens is 1. The van der Waals surface area contributed by atoms with Crippen LogP contribution in [0.15, 0.2) is 54.7 Å². The summed E-state index contributed by atoms with van der Waals surface area (Å²) in [7, 11) is 0. The van der Waals surface area contributed by atoms with Crippen LogP contribution in [0.2, 0.25) is 5.02 Å². The fourth-order valence-corrected chi connectivity index (χ4v) is 1.93. The number of aromatic nitrogens is 2. The average Bonchev–Trinajstić information content (AvgIpc) is 2.39. The van der Waals surface area contributed by atoms with Gasteiger partial charge in [-0.1, -0.05) is 23.7 Å². The number of benzene rings is 1. The minimum atomic E-state index is 0.727. The van der Waals surface area contributed by atoms with Gasteiger partial charge >= 0.3 is 0 Å². The lowest BCUT2D eigenvalue weighted by Gasteiger charge is -2.02. The summed E-state index contributed by atoms with van der Waals surface area (Å²) >= 11 is 5.94. The van der Waals surface area contributed by atoms with Gasteiger partial charge in [0.25, 0.3) is 0 Å². The number of fused-ring (bicyclic) bond motifs is 1. The van der Waals surface area contributed by atoms with Crippen LogP contribution in [-0.4, -0.2) is 9.97 Å². The highest BCUT2D eigenvalue weighted by Gasteiger charge is 2.02. The molecule has 0 aliphatic carbocycles. The lowest BCUT2D eigenvalue weighted by Crippen LogP contribution is -1.87. The summed E-state index contributed by atoms with van der Waals surface area (Å²) in [5.41, 5.74) is 2.68. The van der Waals surface area contributed by atoms with Crippen molar-refractivity contribution in [1.29, 1.82) is 0 Å². The van der Waals surface area contributed by atoms with Crippen molar-refractivity contribution >= 4 is 22.5 Å². The molecule has 0 aliphatic heterocycles. The van der Waals surface area contributed by atoms with Gasteiger partial charge in [-0.15, -0.1) is 0 Å². The molecule has 0 aliphatic rings. The zero-order valence-electron chi connectivity index (χ0n) is 8.97. The van der Waals surface area contributed by atoms with Crippen molar-refractivity contribution in [2.75, 3.05) is 0 Å². The van der Waals surface area contributed by atoms with Crippen LogP contribution in [0, 0.1) is 0 Å². The van der Waals surface area contributed by atoms with E-state index in [4.69, 9.17) is 11.6 Å². The molecular weight excluding hydrogens is 232 g/mol. The highest BCUT2D eigenvalue weighted by molar-refractivity contribution is 6.31. The molecule has 3 aromatic rings. The molecule has 2 heterocycles. The average molecular weight is 241 g/mol. The molecule has 0 saturated carbocycles. The third-order valence-electron chi connectivity index (χ3n) is 2.58. The minimum absolute atomic E-state index is 0.727. The Morgan fingerprint density at radius 2 is 1.82 bits per heavy atom. The topological polar surface area (TPSA) is 25.8 Å². The standard InChI is InChI=1S/C14H9ClN2/c15-11-5-7-12-10(9-11)4-6-14(17-12)13-3-1-2-8-16-13/h1-9H. The number of hydrogen-bond acceptors (Lipinski definition) is 2. The number of pyridine rings is 2. The Balaban J connectivity index is 2.17. The zero-order valence-corrected chi connectivity index (χ0v) is 9.72. The Kier molecular flexibility index (Phi) is 2.50. The first kappa shape index (κ1) is 10.2. The molecule has 0 atom stereocenters. The molecule has 1 aromatic carbocycles. The second-order valence-electron chi connectivity index (χ2n) is 3.75. The van der Waals surface area contributed by atoms with Crippen LogP contribution in [0.5, 0.6) is 0 Å². The molecule has 82 valence electrons. The predicted octanol–water partition coefficient (Wildman–Crippen LogP) is 3.95. The van der Waals surface area contributed by atoms with Crippen LogP contribution >= 0.6 is 11.6 Å². The maximum atomic E-state index is 5.94. The van der Waals surface area contributed by atoms with Crippen molar-refractivity contribution in [2.24, 2.45) is 0 Å². The lowest BCUT2D eigenvalue weighted by molar-refractivity contribution is 1.28. The van der Waals surface area contributed by atoms with Crippen molar-refractivity contribution in [1.82, 2.24) is 9.97 Å². The number of nitrogens with zero attached hydrogens (tertiary/aromatic N) is 2. The summed E-state index contributed by atoms with van der Waals surface area (Å²) in [6.45, 7) is 0. The number of hydrogen-bond donors (Lipinski definition) is 0. The van der Waals surface area contributed by atoms with E-state index in [1.165, 1.54) is 0 Å². The predicted molar refractivity (Wildman–Crippen MR) is 70.0 cm³/mol. The van der Waals surface area contributed by atoms with Crippen molar-refractivity contribution in [2.45, 2.75) is 0 Å². The smallest absolute Gasteiger partial charge is 0.0893 e. The Morgan fingerprint density at radius 1 is 0.882 bits per heavy atom. The van der Waals surface area contributed by atoms with E-state index in [0.717, 1.165) is 27.3 Å². The summed E-state index contributed by atoms with van der Waals surface area (Å²) in [5, 5.41) is 1.77. The van der Waals surface area contributed by atoms with Gasteiger partial charge in [0.05, 0.1) is 16.9 Å². The van der Waals surface area contributed by atoms with Gasteiger partial charge in [-0.2, -0.15) is 0 Å². The zero-order chi connectivity index (χ0) is 11.7. The van der Waals surface area contributed by atoms with Crippen LogP contribution < -0.4 is 0 Å². The van der Waals surface area contributed by atoms with Gasteiger partial charge in [0, 0.05) is 16.6 Å². The van der Waals surface area contributed by atoms with Gasteiger partial charge < -0.3 is 0 Å². The van der Waals surface area contributed by atoms with Gasteiger partial charge in [0.1, 0.15) is 0 Å². The van der Waals surface area contributed by atoms with E-state index in [9.17, 15) is 0 Å². The van der Waals surface area contributed by atoms with Crippen molar-refractivity contribution < 1.29 is 0 Å². The monoisotopic (exact) mass is 240 g/mol. The molecule has 0 saturated heterocycles. The third kappa shape index (κ3) is 1.99. The fraction of sp³-hybridized carbons (Fsp3) is 0. The summed E-state index contributed by atoms with van der Waals surface area (Å²) in [6, 6.07) is 15.4.